The Bertz CT molecular complexity index is 1050. The van der Waals surface area contributed by atoms with Gasteiger partial charge in [0, 0.05) is 17.4 Å². The minimum absolute atomic E-state index is 0.0757. The van der Waals surface area contributed by atoms with Gasteiger partial charge in [-0.3, -0.25) is 9.78 Å². The van der Waals surface area contributed by atoms with Crippen LogP contribution in [0.15, 0.2) is 30.5 Å². The number of alkyl halides is 3. The summed E-state index contributed by atoms with van der Waals surface area (Å²) in [5.41, 5.74) is -2.74. The van der Waals surface area contributed by atoms with Gasteiger partial charge in [-0.05, 0) is 25.1 Å². The van der Waals surface area contributed by atoms with Gasteiger partial charge in [-0.25, -0.2) is 4.39 Å². The lowest BCUT2D eigenvalue weighted by atomic mass is 9.77. The zero-order valence-corrected chi connectivity index (χ0v) is 18.4. The van der Waals surface area contributed by atoms with Crippen LogP contribution >= 0.6 is 0 Å². The summed E-state index contributed by atoms with van der Waals surface area (Å²) in [5, 5.41) is 21.0. The van der Waals surface area contributed by atoms with Crippen molar-refractivity contribution in [3.05, 3.63) is 53.4 Å². The van der Waals surface area contributed by atoms with Crippen LogP contribution in [-0.2, 0) is 9.53 Å². The highest BCUT2D eigenvalue weighted by molar-refractivity contribution is 5.95. The monoisotopic (exact) mass is 490 g/mol. The molecule has 3 N–H and O–H groups in total. The highest BCUT2D eigenvalue weighted by Crippen LogP contribution is 2.55. The first-order chi connectivity index (χ1) is 15.9. The van der Waals surface area contributed by atoms with Crippen LogP contribution in [0, 0.1) is 17.6 Å². The Balaban J connectivity index is 2.01. The standard InChI is InChI=1S/C22H23F5N2O5/c1-10-16(12-5-6-13(23)17(24)18(12)33-3)19(34-21(10,2)22(25,26)27)20(32)29-11-4-7-14(28-8-11)15(31)9-30/h4-8,10,15-16,19,30-31H,9H2,1-3H3,(H,29,32)/t10-,15-,16-,19+,21+/m0/s1. The first kappa shape index (κ1) is 25.8. The summed E-state index contributed by atoms with van der Waals surface area (Å²) in [7, 11) is 1.04. The van der Waals surface area contributed by atoms with Gasteiger partial charge in [0.05, 0.1) is 31.3 Å². The van der Waals surface area contributed by atoms with Crippen LogP contribution in [0.3, 0.4) is 0 Å². The normalized spacial score (nSPS) is 25.8. The van der Waals surface area contributed by atoms with E-state index in [0.717, 1.165) is 32.4 Å². The van der Waals surface area contributed by atoms with Gasteiger partial charge in [0.1, 0.15) is 12.2 Å². The number of carbonyl (C=O) groups excluding carboxylic acids is 1. The Kier molecular flexibility index (Phi) is 7.15. The molecule has 0 bridgehead atoms. The summed E-state index contributed by atoms with van der Waals surface area (Å²) in [4.78, 5) is 16.9. The Labute approximate surface area is 191 Å². The van der Waals surface area contributed by atoms with Gasteiger partial charge in [-0.1, -0.05) is 13.0 Å². The van der Waals surface area contributed by atoms with E-state index in [9.17, 15) is 31.9 Å². The minimum Gasteiger partial charge on any atom is -0.493 e. The van der Waals surface area contributed by atoms with Gasteiger partial charge in [0.25, 0.3) is 5.91 Å². The second-order valence-electron chi connectivity index (χ2n) is 8.10. The zero-order chi connectivity index (χ0) is 25.4. The van der Waals surface area contributed by atoms with E-state index in [1.807, 2.05) is 0 Å². The summed E-state index contributed by atoms with van der Waals surface area (Å²) in [6, 6.07) is 4.45. The van der Waals surface area contributed by atoms with Gasteiger partial charge in [0.2, 0.25) is 5.82 Å². The molecule has 2 aromatic rings. The molecule has 2 heterocycles. The van der Waals surface area contributed by atoms with Crippen LogP contribution in [0.2, 0.25) is 0 Å². The average Bonchev–Trinajstić information content (AvgIpc) is 3.07. The molecule has 7 nitrogen and oxygen atoms in total. The highest BCUT2D eigenvalue weighted by Gasteiger charge is 2.65. The number of halogens is 5. The number of pyridine rings is 1. The second kappa shape index (κ2) is 9.43. The number of aliphatic hydroxyl groups is 2. The number of carbonyl (C=O) groups is 1. The van der Waals surface area contributed by atoms with E-state index < -0.39 is 65.7 Å². The molecule has 1 amide bonds. The number of ether oxygens (including phenoxy) is 2. The van der Waals surface area contributed by atoms with Gasteiger partial charge in [-0.15, -0.1) is 0 Å². The lowest BCUT2D eigenvalue weighted by Crippen LogP contribution is -2.47. The van der Waals surface area contributed by atoms with E-state index in [1.54, 1.807) is 0 Å². The van der Waals surface area contributed by atoms with Crippen LogP contribution in [0.1, 0.15) is 37.1 Å². The van der Waals surface area contributed by atoms with Crippen molar-refractivity contribution in [3.8, 4) is 5.75 Å². The quantitative estimate of drug-likeness (QED) is 0.537. The van der Waals surface area contributed by atoms with Crippen molar-refractivity contribution in [2.75, 3.05) is 19.0 Å². The van der Waals surface area contributed by atoms with Crippen LogP contribution in [0.25, 0.3) is 0 Å². The first-order valence-electron chi connectivity index (χ1n) is 10.2. The zero-order valence-electron chi connectivity index (χ0n) is 18.4. The molecular weight excluding hydrogens is 467 g/mol. The minimum atomic E-state index is -4.88. The number of aliphatic hydroxyl groups excluding tert-OH is 2. The second-order valence-corrected chi connectivity index (χ2v) is 8.10. The molecule has 0 saturated carbocycles. The third kappa shape index (κ3) is 4.44. The van der Waals surface area contributed by atoms with E-state index in [0.29, 0.717) is 0 Å². The molecule has 1 aliphatic rings. The van der Waals surface area contributed by atoms with Crippen LogP contribution in [-0.4, -0.2) is 52.7 Å². The Morgan fingerprint density at radius 1 is 1.29 bits per heavy atom. The topological polar surface area (TPSA) is 101 Å². The molecule has 186 valence electrons. The molecule has 1 saturated heterocycles. The third-order valence-electron chi connectivity index (χ3n) is 6.14. The summed E-state index contributed by atoms with van der Waals surface area (Å²) in [5.74, 6) is -6.98. The van der Waals surface area contributed by atoms with Crippen molar-refractivity contribution in [2.24, 2.45) is 5.92 Å². The molecule has 34 heavy (non-hydrogen) atoms. The maximum atomic E-state index is 14.4. The third-order valence-corrected chi connectivity index (χ3v) is 6.14. The summed E-state index contributed by atoms with van der Waals surface area (Å²) < 4.78 is 80.2. The number of benzene rings is 1. The van der Waals surface area contributed by atoms with E-state index in [4.69, 9.17) is 14.6 Å². The number of amides is 1. The fourth-order valence-corrected chi connectivity index (χ4v) is 4.02. The summed E-state index contributed by atoms with van der Waals surface area (Å²) >= 11 is 0. The van der Waals surface area contributed by atoms with Crippen molar-refractivity contribution in [1.82, 2.24) is 4.98 Å². The van der Waals surface area contributed by atoms with Gasteiger partial charge in [-0.2, -0.15) is 17.6 Å². The molecule has 1 aromatic carbocycles. The number of nitrogens with one attached hydrogen (secondary N) is 1. The first-order valence-corrected chi connectivity index (χ1v) is 10.2. The van der Waals surface area contributed by atoms with Crippen molar-refractivity contribution in [3.63, 3.8) is 0 Å². The van der Waals surface area contributed by atoms with Gasteiger partial charge in [0.15, 0.2) is 17.2 Å². The molecule has 1 aromatic heterocycles. The van der Waals surface area contributed by atoms with Crippen LogP contribution in [0.4, 0.5) is 27.6 Å². The van der Waals surface area contributed by atoms with E-state index >= 15 is 0 Å². The molecule has 0 unspecified atom stereocenters. The lowest BCUT2D eigenvalue weighted by Gasteiger charge is -2.32. The predicted molar refractivity (Wildman–Crippen MR) is 109 cm³/mol. The smallest absolute Gasteiger partial charge is 0.417 e. The van der Waals surface area contributed by atoms with Crippen LogP contribution in [0.5, 0.6) is 5.75 Å². The number of hydrogen-bond donors (Lipinski definition) is 3. The fraction of sp³-hybridized carbons (Fsp3) is 0.455. The Morgan fingerprint density at radius 2 is 1.97 bits per heavy atom. The van der Waals surface area contributed by atoms with Gasteiger partial charge >= 0.3 is 6.18 Å². The maximum absolute atomic E-state index is 14.4. The predicted octanol–water partition coefficient (Wildman–Crippen LogP) is 3.47. The molecule has 1 aliphatic heterocycles. The molecule has 0 aliphatic carbocycles. The van der Waals surface area contributed by atoms with Crippen molar-refractivity contribution in [2.45, 2.75) is 43.8 Å². The van der Waals surface area contributed by atoms with Crippen molar-refractivity contribution in [1.29, 1.82) is 0 Å². The molecule has 0 radical (unpaired) electrons. The summed E-state index contributed by atoms with van der Waals surface area (Å²) in [6.45, 7) is 1.41. The van der Waals surface area contributed by atoms with E-state index in [-0.39, 0.29) is 16.9 Å². The van der Waals surface area contributed by atoms with Crippen molar-refractivity contribution < 1.29 is 46.4 Å². The molecule has 5 atom stereocenters. The SMILES string of the molecule is COc1c([C@H]2[C@H](C(=O)Nc3ccc([C@@H](O)CO)nc3)O[C@@](C)(C(F)(F)F)[C@H]2C)ccc(F)c1F. The van der Waals surface area contributed by atoms with E-state index in [1.165, 1.54) is 19.1 Å². The number of aromatic nitrogens is 1. The number of methoxy groups -OCH3 is 1. The molecular formula is C22H23F5N2O5. The lowest BCUT2D eigenvalue weighted by molar-refractivity contribution is -0.272. The number of nitrogens with zero attached hydrogens (tertiary/aromatic N) is 1. The molecule has 0 spiro atoms. The largest absolute Gasteiger partial charge is 0.493 e. The summed E-state index contributed by atoms with van der Waals surface area (Å²) in [6.07, 6.45) is -6.74. The van der Waals surface area contributed by atoms with E-state index in [2.05, 4.69) is 10.3 Å². The number of rotatable bonds is 6. The fourth-order valence-electron chi connectivity index (χ4n) is 4.02. The van der Waals surface area contributed by atoms with Crippen LogP contribution < -0.4 is 10.1 Å². The highest BCUT2D eigenvalue weighted by atomic mass is 19.4. The molecule has 12 heteroatoms. The van der Waals surface area contributed by atoms with Gasteiger partial charge < -0.3 is 25.0 Å². The number of anilines is 1. The number of hydrogen-bond acceptors (Lipinski definition) is 6. The molecule has 1 fully saturated rings. The van der Waals surface area contributed by atoms with Crippen molar-refractivity contribution >= 4 is 11.6 Å². The Hall–Kier alpha value is -2.83. The average molecular weight is 490 g/mol. The molecule has 3 rings (SSSR count). The maximum Gasteiger partial charge on any atom is 0.417 e. The Morgan fingerprint density at radius 3 is 2.50 bits per heavy atom.